The molecule has 7 heteroatoms. The molecule has 0 saturated carbocycles. The quantitative estimate of drug-likeness (QED) is 0.587. The number of halogens is 1. The second-order valence-electron chi connectivity index (χ2n) is 3.20. The van der Waals surface area contributed by atoms with Crippen LogP contribution in [0.15, 0.2) is 16.6 Å². The van der Waals surface area contributed by atoms with Crippen molar-refractivity contribution in [3.63, 3.8) is 0 Å². The first-order valence-electron chi connectivity index (χ1n) is 4.44. The molecule has 2 aromatic rings. The molecule has 1 aromatic carbocycles. The molecule has 4 N–H and O–H groups in total. The number of thiazole rings is 1. The summed E-state index contributed by atoms with van der Waals surface area (Å²) in [5.41, 5.74) is 12.9. The summed E-state index contributed by atoms with van der Waals surface area (Å²) in [4.78, 5) is 4.40. The van der Waals surface area contributed by atoms with Gasteiger partial charge in [-0.15, -0.1) is 0 Å². The van der Waals surface area contributed by atoms with Crippen LogP contribution in [0.1, 0.15) is 5.56 Å². The largest absolute Gasteiger partial charge is 0.375 e. The van der Waals surface area contributed by atoms with Crippen LogP contribution < -0.4 is 16.6 Å². The number of benzene rings is 1. The summed E-state index contributed by atoms with van der Waals surface area (Å²) in [5.74, 6) is 0. The van der Waals surface area contributed by atoms with Crippen molar-refractivity contribution in [2.75, 3.05) is 5.43 Å². The number of nitrogens with two attached hydrogens (primary N) is 1. The standard InChI is InChI=1S/C9H9BrN4S2/c1-4-2-6-7(3-5(4)10)16-9(12-6)14-13-8(11)15/h2-3H,1H3,(H,12,14)(H3,11,13,15). The van der Waals surface area contributed by atoms with E-state index in [1.165, 1.54) is 11.3 Å². The van der Waals surface area contributed by atoms with Gasteiger partial charge in [-0.05, 0) is 36.8 Å². The molecule has 2 rings (SSSR count). The molecule has 0 atom stereocenters. The summed E-state index contributed by atoms with van der Waals surface area (Å²) >= 11 is 9.71. The van der Waals surface area contributed by atoms with Crippen molar-refractivity contribution in [1.82, 2.24) is 10.4 Å². The van der Waals surface area contributed by atoms with Crippen LogP contribution in [0.2, 0.25) is 0 Å². The molecule has 0 spiro atoms. The molecule has 84 valence electrons. The van der Waals surface area contributed by atoms with Gasteiger partial charge in [-0.2, -0.15) is 0 Å². The molecular weight excluding hydrogens is 308 g/mol. The van der Waals surface area contributed by atoms with Gasteiger partial charge in [0, 0.05) is 4.47 Å². The van der Waals surface area contributed by atoms with Crippen LogP contribution in [0, 0.1) is 6.92 Å². The van der Waals surface area contributed by atoms with E-state index in [0.717, 1.165) is 25.4 Å². The molecule has 0 aliphatic carbocycles. The number of hydrazine groups is 1. The number of nitrogens with zero attached hydrogens (tertiary/aromatic N) is 1. The zero-order valence-electron chi connectivity index (χ0n) is 8.37. The van der Waals surface area contributed by atoms with Gasteiger partial charge in [0.1, 0.15) is 0 Å². The number of anilines is 1. The molecule has 0 unspecified atom stereocenters. The Morgan fingerprint density at radius 3 is 3.00 bits per heavy atom. The summed E-state index contributed by atoms with van der Waals surface area (Å²) in [6, 6.07) is 4.08. The van der Waals surface area contributed by atoms with E-state index in [-0.39, 0.29) is 5.11 Å². The first-order chi connectivity index (χ1) is 7.56. The summed E-state index contributed by atoms with van der Waals surface area (Å²) in [5, 5.41) is 0.928. The molecule has 0 amide bonds. The van der Waals surface area contributed by atoms with Crippen molar-refractivity contribution in [1.29, 1.82) is 0 Å². The maximum absolute atomic E-state index is 5.31. The Morgan fingerprint density at radius 1 is 1.56 bits per heavy atom. The number of nitrogens with one attached hydrogen (secondary N) is 2. The van der Waals surface area contributed by atoms with Crippen molar-refractivity contribution in [2.45, 2.75) is 6.92 Å². The third kappa shape index (κ3) is 2.42. The average molecular weight is 317 g/mol. The molecular formula is C9H9BrN4S2. The number of hydrogen-bond acceptors (Lipinski definition) is 4. The lowest BCUT2D eigenvalue weighted by Gasteiger charge is -2.01. The van der Waals surface area contributed by atoms with Gasteiger partial charge >= 0.3 is 0 Å². The zero-order chi connectivity index (χ0) is 11.7. The van der Waals surface area contributed by atoms with E-state index in [1.807, 2.05) is 19.1 Å². The SMILES string of the molecule is Cc1cc2nc(NNC(N)=S)sc2cc1Br. The Labute approximate surface area is 110 Å². The van der Waals surface area contributed by atoms with Crippen LogP contribution in [0.3, 0.4) is 0 Å². The zero-order valence-corrected chi connectivity index (χ0v) is 11.6. The minimum Gasteiger partial charge on any atom is -0.375 e. The number of hydrogen-bond donors (Lipinski definition) is 3. The first-order valence-corrected chi connectivity index (χ1v) is 6.46. The Balaban J connectivity index is 2.33. The second kappa shape index (κ2) is 4.52. The van der Waals surface area contributed by atoms with Crippen LogP contribution in [0.5, 0.6) is 0 Å². The van der Waals surface area contributed by atoms with Crippen molar-refractivity contribution in [3.8, 4) is 0 Å². The van der Waals surface area contributed by atoms with Gasteiger partial charge in [0.25, 0.3) is 0 Å². The van der Waals surface area contributed by atoms with E-state index in [1.54, 1.807) is 0 Å². The highest BCUT2D eigenvalue weighted by Crippen LogP contribution is 2.30. The monoisotopic (exact) mass is 316 g/mol. The van der Waals surface area contributed by atoms with Crippen LogP contribution in [0.4, 0.5) is 5.13 Å². The summed E-state index contributed by atoms with van der Waals surface area (Å²) in [7, 11) is 0. The number of rotatable bonds is 2. The normalized spacial score (nSPS) is 10.4. The van der Waals surface area contributed by atoms with Gasteiger partial charge in [-0.3, -0.25) is 10.9 Å². The highest BCUT2D eigenvalue weighted by atomic mass is 79.9. The maximum Gasteiger partial charge on any atom is 0.202 e. The van der Waals surface area contributed by atoms with Gasteiger partial charge in [-0.25, -0.2) is 4.98 Å². The molecule has 1 aromatic heterocycles. The highest BCUT2D eigenvalue weighted by molar-refractivity contribution is 9.10. The van der Waals surface area contributed by atoms with Crippen molar-refractivity contribution < 1.29 is 0 Å². The minimum atomic E-state index is 0.191. The number of fused-ring (bicyclic) bond motifs is 1. The summed E-state index contributed by atoms with van der Waals surface area (Å²) in [6.45, 7) is 2.03. The molecule has 0 radical (unpaired) electrons. The fourth-order valence-corrected chi connectivity index (χ4v) is 2.61. The fourth-order valence-electron chi connectivity index (χ4n) is 1.22. The Morgan fingerprint density at radius 2 is 2.31 bits per heavy atom. The van der Waals surface area contributed by atoms with Crippen LogP contribution in [0.25, 0.3) is 10.2 Å². The molecule has 0 fully saturated rings. The van der Waals surface area contributed by atoms with E-state index >= 15 is 0 Å². The van der Waals surface area contributed by atoms with E-state index in [0.29, 0.717) is 0 Å². The van der Waals surface area contributed by atoms with E-state index in [9.17, 15) is 0 Å². The van der Waals surface area contributed by atoms with Crippen molar-refractivity contribution in [3.05, 3.63) is 22.2 Å². The number of thiocarbonyl (C=S) groups is 1. The molecule has 4 nitrogen and oxygen atoms in total. The predicted octanol–water partition coefficient (Wildman–Crippen LogP) is 2.53. The van der Waals surface area contributed by atoms with Gasteiger partial charge in [0.05, 0.1) is 10.2 Å². The average Bonchev–Trinajstić information content (AvgIpc) is 2.58. The van der Waals surface area contributed by atoms with Crippen LogP contribution in [-0.4, -0.2) is 10.1 Å². The Hall–Kier alpha value is -0.920. The lowest BCUT2D eigenvalue weighted by molar-refractivity contribution is 1.12. The number of aromatic nitrogens is 1. The van der Waals surface area contributed by atoms with Crippen LogP contribution in [-0.2, 0) is 0 Å². The topological polar surface area (TPSA) is 63.0 Å². The third-order valence-electron chi connectivity index (χ3n) is 1.96. The Kier molecular flexibility index (Phi) is 3.27. The van der Waals surface area contributed by atoms with Crippen molar-refractivity contribution in [2.24, 2.45) is 5.73 Å². The molecule has 0 aliphatic rings. The van der Waals surface area contributed by atoms with Crippen molar-refractivity contribution >= 4 is 59.9 Å². The van der Waals surface area contributed by atoms with Gasteiger partial charge in [0.15, 0.2) is 5.11 Å². The summed E-state index contributed by atoms with van der Waals surface area (Å²) < 4.78 is 2.18. The predicted molar refractivity (Wildman–Crippen MR) is 75.6 cm³/mol. The van der Waals surface area contributed by atoms with E-state index < -0.39 is 0 Å². The lowest BCUT2D eigenvalue weighted by Crippen LogP contribution is -2.33. The van der Waals surface area contributed by atoms with Gasteiger partial charge in [-0.1, -0.05) is 27.3 Å². The Bertz CT molecular complexity index is 513. The molecule has 0 bridgehead atoms. The fraction of sp³-hybridized carbons (Fsp3) is 0.111. The lowest BCUT2D eigenvalue weighted by atomic mass is 10.2. The molecule has 1 heterocycles. The second-order valence-corrected chi connectivity index (χ2v) is 5.53. The maximum atomic E-state index is 5.31. The van der Waals surface area contributed by atoms with Crippen LogP contribution >= 0.6 is 39.5 Å². The third-order valence-corrected chi connectivity index (χ3v) is 3.85. The molecule has 0 aliphatic heterocycles. The smallest absolute Gasteiger partial charge is 0.202 e. The number of aryl methyl sites for hydroxylation is 1. The van der Waals surface area contributed by atoms with E-state index in [2.05, 4.69) is 31.8 Å². The summed E-state index contributed by atoms with van der Waals surface area (Å²) in [6.07, 6.45) is 0. The minimum absolute atomic E-state index is 0.191. The molecule has 0 saturated heterocycles. The molecule has 16 heavy (non-hydrogen) atoms. The van der Waals surface area contributed by atoms with Gasteiger partial charge in [0.2, 0.25) is 5.13 Å². The highest BCUT2D eigenvalue weighted by Gasteiger charge is 2.05. The first kappa shape index (κ1) is 11.6. The van der Waals surface area contributed by atoms with E-state index in [4.69, 9.17) is 18.0 Å². The van der Waals surface area contributed by atoms with Gasteiger partial charge < -0.3 is 5.73 Å².